The number of thiocarbonyl (C=S) groups is 1. The quantitative estimate of drug-likeness (QED) is 0.558. The van der Waals surface area contributed by atoms with Gasteiger partial charge in [-0.25, -0.2) is 0 Å². The van der Waals surface area contributed by atoms with Crippen molar-refractivity contribution in [1.82, 2.24) is 5.32 Å². The molecule has 0 spiro atoms. The lowest BCUT2D eigenvalue weighted by Crippen LogP contribution is -2.31. The van der Waals surface area contributed by atoms with E-state index in [0.717, 1.165) is 11.4 Å². The number of carbonyl (C=O) groups excluding carboxylic acids is 1. The van der Waals surface area contributed by atoms with E-state index in [2.05, 4.69) is 16.0 Å². The van der Waals surface area contributed by atoms with Gasteiger partial charge in [0.1, 0.15) is 0 Å². The molecule has 5 nitrogen and oxygen atoms in total. The van der Waals surface area contributed by atoms with Crippen molar-refractivity contribution in [3.63, 3.8) is 0 Å². The molecule has 0 radical (unpaired) electrons. The molecular formula is C12H17N3O2S. The number of benzene rings is 1. The van der Waals surface area contributed by atoms with Crippen LogP contribution in [0.25, 0.3) is 0 Å². The fraction of sp³-hybridized carbons (Fsp3) is 0.333. The molecule has 0 saturated carbocycles. The Morgan fingerprint density at radius 1 is 1.33 bits per heavy atom. The Balaban J connectivity index is 2.51. The molecular weight excluding hydrogens is 250 g/mol. The summed E-state index contributed by atoms with van der Waals surface area (Å²) in [4.78, 5) is 10.9. The van der Waals surface area contributed by atoms with Gasteiger partial charge in [-0.1, -0.05) is 6.07 Å². The average Bonchev–Trinajstić information content (AvgIpc) is 2.28. The van der Waals surface area contributed by atoms with E-state index < -0.39 is 0 Å². The highest BCUT2D eigenvalue weighted by atomic mass is 32.1. The highest BCUT2D eigenvalue weighted by molar-refractivity contribution is 7.80. The summed E-state index contributed by atoms with van der Waals surface area (Å²) in [7, 11) is 1.63. The zero-order valence-electron chi connectivity index (χ0n) is 10.4. The van der Waals surface area contributed by atoms with Crippen LogP contribution in [0.2, 0.25) is 0 Å². The standard InChI is InChI=1S/C12H17N3O2S/c1-9(16)14-10-4-3-5-11(8-10)15-12(18)13-6-7-17-2/h3-5,8H,6-7H2,1-2H3,(H,14,16)(H2,13,15,18). The molecule has 6 heteroatoms. The van der Waals surface area contributed by atoms with E-state index in [1.807, 2.05) is 24.3 Å². The van der Waals surface area contributed by atoms with E-state index in [9.17, 15) is 4.79 Å². The molecule has 1 aromatic carbocycles. The predicted octanol–water partition coefficient (Wildman–Crippen LogP) is 1.58. The largest absolute Gasteiger partial charge is 0.383 e. The zero-order chi connectivity index (χ0) is 13.4. The number of hydrogen-bond acceptors (Lipinski definition) is 3. The Labute approximate surface area is 112 Å². The Morgan fingerprint density at radius 3 is 2.61 bits per heavy atom. The van der Waals surface area contributed by atoms with Crippen LogP contribution in [-0.2, 0) is 9.53 Å². The van der Waals surface area contributed by atoms with Crippen molar-refractivity contribution in [3.8, 4) is 0 Å². The number of rotatable bonds is 5. The maximum absolute atomic E-state index is 10.9. The first-order valence-electron chi connectivity index (χ1n) is 5.53. The normalized spacial score (nSPS) is 9.67. The lowest BCUT2D eigenvalue weighted by molar-refractivity contribution is -0.114. The Bertz CT molecular complexity index is 424. The third kappa shape index (κ3) is 5.60. The Kier molecular flexibility index (Phi) is 6.10. The third-order valence-corrected chi connectivity index (χ3v) is 2.28. The second-order valence-corrected chi connectivity index (χ2v) is 4.04. The monoisotopic (exact) mass is 267 g/mol. The van der Waals surface area contributed by atoms with Gasteiger partial charge < -0.3 is 20.7 Å². The maximum Gasteiger partial charge on any atom is 0.221 e. The van der Waals surface area contributed by atoms with Gasteiger partial charge in [0.05, 0.1) is 6.61 Å². The molecule has 0 bridgehead atoms. The highest BCUT2D eigenvalue weighted by Crippen LogP contribution is 2.14. The number of nitrogens with one attached hydrogen (secondary N) is 3. The van der Waals surface area contributed by atoms with E-state index in [4.69, 9.17) is 17.0 Å². The van der Waals surface area contributed by atoms with Gasteiger partial charge in [-0.15, -0.1) is 0 Å². The van der Waals surface area contributed by atoms with Gasteiger partial charge in [-0.05, 0) is 30.4 Å². The molecule has 0 atom stereocenters. The lowest BCUT2D eigenvalue weighted by Gasteiger charge is -2.11. The minimum atomic E-state index is -0.104. The van der Waals surface area contributed by atoms with Gasteiger partial charge in [-0.2, -0.15) is 0 Å². The number of amides is 1. The number of carbonyl (C=O) groups is 1. The summed E-state index contributed by atoms with van der Waals surface area (Å²) in [6.07, 6.45) is 0. The Morgan fingerprint density at radius 2 is 2.00 bits per heavy atom. The van der Waals surface area contributed by atoms with Gasteiger partial charge >= 0.3 is 0 Å². The summed E-state index contributed by atoms with van der Waals surface area (Å²) in [5, 5.41) is 9.26. The van der Waals surface area contributed by atoms with Crippen LogP contribution in [0.1, 0.15) is 6.92 Å². The van der Waals surface area contributed by atoms with Crippen LogP contribution in [0.15, 0.2) is 24.3 Å². The molecule has 0 aromatic heterocycles. The summed E-state index contributed by atoms with van der Waals surface area (Å²) < 4.78 is 4.91. The predicted molar refractivity (Wildman–Crippen MR) is 76.8 cm³/mol. The second kappa shape index (κ2) is 7.62. The fourth-order valence-electron chi connectivity index (χ4n) is 1.32. The first-order chi connectivity index (χ1) is 8.61. The molecule has 0 fully saturated rings. The summed E-state index contributed by atoms with van der Waals surface area (Å²) in [6, 6.07) is 7.33. The van der Waals surface area contributed by atoms with Crippen LogP contribution >= 0.6 is 12.2 Å². The molecule has 18 heavy (non-hydrogen) atoms. The molecule has 1 amide bonds. The molecule has 98 valence electrons. The molecule has 0 heterocycles. The summed E-state index contributed by atoms with van der Waals surface area (Å²) in [5.41, 5.74) is 1.54. The van der Waals surface area contributed by atoms with Gasteiger partial charge in [0.2, 0.25) is 5.91 Å². The van der Waals surface area contributed by atoms with Gasteiger partial charge in [-0.3, -0.25) is 4.79 Å². The van der Waals surface area contributed by atoms with Gasteiger partial charge in [0.15, 0.2) is 5.11 Å². The van der Waals surface area contributed by atoms with Crippen molar-refractivity contribution >= 4 is 34.6 Å². The molecule has 3 N–H and O–H groups in total. The molecule has 1 aromatic rings. The second-order valence-electron chi connectivity index (χ2n) is 3.64. The minimum Gasteiger partial charge on any atom is -0.383 e. The van der Waals surface area contributed by atoms with Crippen molar-refractivity contribution in [2.75, 3.05) is 30.9 Å². The van der Waals surface area contributed by atoms with E-state index in [0.29, 0.717) is 18.3 Å². The molecule has 0 aliphatic carbocycles. The smallest absolute Gasteiger partial charge is 0.221 e. The zero-order valence-corrected chi connectivity index (χ0v) is 11.3. The number of methoxy groups -OCH3 is 1. The van der Waals surface area contributed by atoms with Crippen LogP contribution in [0.3, 0.4) is 0 Å². The Hall–Kier alpha value is -1.66. The average molecular weight is 267 g/mol. The van der Waals surface area contributed by atoms with E-state index in [1.165, 1.54) is 6.92 Å². The van der Waals surface area contributed by atoms with Crippen molar-refractivity contribution in [2.45, 2.75) is 6.92 Å². The maximum atomic E-state index is 10.9. The first kappa shape index (κ1) is 14.4. The van der Waals surface area contributed by atoms with Crippen LogP contribution in [0.5, 0.6) is 0 Å². The minimum absolute atomic E-state index is 0.104. The summed E-state index contributed by atoms with van der Waals surface area (Å²) in [6.45, 7) is 2.71. The molecule has 0 unspecified atom stereocenters. The molecule has 0 aliphatic rings. The van der Waals surface area contributed by atoms with E-state index in [1.54, 1.807) is 7.11 Å². The summed E-state index contributed by atoms with van der Waals surface area (Å²) >= 11 is 5.12. The highest BCUT2D eigenvalue weighted by Gasteiger charge is 1.99. The van der Waals surface area contributed by atoms with E-state index in [-0.39, 0.29) is 5.91 Å². The fourth-order valence-corrected chi connectivity index (χ4v) is 1.54. The number of anilines is 2. The molecule has 0 aliphatic heterocycles. The van der Waals surface area contributed by atoms with E-state index >= 15 is 0 Å². The van der Waals surface area contributed by atoms with Crippen molar-refractivity contribution in [1.29, 1.82) is 0 Å². The van der Waals surface area contributed by atoms with Crippen molar-refractivity contribution < 1.29 is 9.53 Å². The summed E-state index contributed by atoms with van der Waals surface area (Å²) in [5.74, 6) is -0.104. The van der Waals surface area contributed by atoms with Crippen molar-refractivity contribution in [3.05, 3.63) is 24.3 Å². The molecule has 0 saturated heterocycles. The van der Waals surface area contributed by atoms with Crippen LogP contribution in [0.4, 0.5) is 11.4 Å². The van der Waals surface area contributed by atoms with Gasteiger partial charge in [0.25, 0.3) is 0 Å². The van der Waals surface area contributed by atoms with Gasteiger partial charge in [0, 0.05) is 32.0 Å². The number of ether oxygens (including phenoxy) is 1. The van der Waals surface area contributed by atoms with Crippen molar-refractivity contribution in [2.24, 2.45) is 0 Å². The lowest BCUT2D eigenvalue weighted by atomic mass is 10.3. The van der Waals surface area contributed by atoms with Crippen LogP contribution < -0.4 is 16.0 Å². The molecule has 1 rings (SSSR count). The third-order valence-electron chi connectivity index (χ3n) is 2.03. The SMILES string of the molecule is COCCNC(=S)Nc1cccc(NC(C)=O)c1. The van der Waals surface area contributed by atoms with Crippen LogP contribution in [0, 0.1) is 0 Å². The first-order valence-corrected chi connectivity index (χ1v) is 5.94. The van der Waals surface area contributed by atoms with Crippen LogP contribution in [-0.4, -0.2) is 31.3 Å². The topological polar surface area (TPSA) is 62.4 Å². The number of hydrogen-bond donors (Lipinski definition) is 3.